The van der Waals surface area contributed by atoms with Crippen LogP contribution in [-0.2, 0) is 0 Å². The lowest BCUT2D eigenvalue weighted by Crippen LogP contribution is -2.59. The molecule has 8 atom stereocenters. The first-order valence-electron chi connectivity index (χ1n) is 9.45. The Morgan fingerprint density at radius 2 is 1.67 bits per heavy atom. The SMILES string of the molecule is C[C@@]12CCC[C@H]1[C@H]1CC[C@H]3C[C@H](N)[C@H](N)C[C@]3(C)[C@H]1CC2. The fraction of sp³-hybridized carbons (Fsp3) is 1.00. The molecule has 4 aliphatic rings. The van der Waals surface area contributed by atoms with Crippen molar-refractivity contribution in [3.63, 3.8) is 0 Å². The molecular formula is C19H34N2. The van der Waals surface area contributed by atoms with E-state index in [1.165, 1.54) is 57.8 Å². The predicted molar refractivity (Wildman–Crippen MR) is 87.7 cm³/mol. The molecule has 21 heavy (non-hydrogen) atoms. The zero-order valence-corrected chi connectivity index (χ0v) is 14.0. The van der Waals surface area contributed by atoms with Crippen LogP contribution in [0.4, 0.5) is 0 Å². The molecule has 4 fully saturated rings. The zero-order valence-electron chi connectivity index (χ0n) is 14.0. The van der Waals surface area contributed by atoms with E-state index in [0.29, 0.717) is 10.8 Å². The molecule has 0 aromatic carbocycles. The maximum atomic E-state index is 6.40. The first-order chi connectivity index (χ1) is 9.94. The summed E-state index contributed by atoms with van der Waals surface area (Å²) < 4.78 is 0. The highest BCUT2D eigenvalue weighted by molar-refractivity contribution is 5.09. The predicted octanol–water partition coefficient (Wildman–Crippen LogP) is 3.68. The quantitative estimate of drug-likeness (QED) is 0.715. The maximum absolute atomic E-state index is 6.40. The van der Waals surface area contributed by atoms with Crippen molar-refractivity contribution in [1.82, 2.24) is 0 Å². The molecule has 0 aromatic heterocycles. The summed E-state index contributed by atoms with van der Waals surface area (Å²) in [6.07, 6.45) is 12.7. The van der Waals surface area contributed by atoms with Crippen LogP contribution in [0, 0.1) is 34.5 Å². The highest BCUT2D eigenvalue weighted by Crippen LogP contribution is 2.65. The van der Waals surface area contributed by atoms with Crippen LogP contribution in [0.2, 0.25) is 0 Å². The Kier molecular flexibility index (Phi) is 3.25. The van der Waals surface area contributed by atoms with Gasteiger partial charge in [-0.3, -0.25) is 0 Å². The Labute approximate surface area is 130 Å². The first kappa shape index (κ1) is 14.5. The van der Waals surface area contributed by atoms with Crippen LogP contribution in [0.5, 0.6) is 0 Å². The lowest BCUT2D eigenvalue weighted by Gasteiger charge is -2.61. The Balaban J connectivity index is 1.63. The second-order valence-electron chi connectivity index (χ2n) is 9.51. The van der Waals surface area contributed by atoms with Gasteiger partial charge in [0, 0.05) is 12.1 Å². The largest absolute Gasteiger partial charge is 0.326 e. The Morgan fingerprint density at radius 3 is 2.48 bits per heavy atom. The summed E-state index contributed by atoms with van der Waals surface area (Å²) in [5.74, 6) is 3.79. The molecule has 0 spiro atoms. The summed E-state index contributed by atoms with van der Waals surface area (Å²) >= 11 is 0. The maximum Gasteiger partial charge on any atom is 0.0197 e. The molecule has 0 aromatic rings. The molecule has 0 bridgehead atoms. The highest BCUT2D eigenvalue weighted by atomic mass is 14.8. The lowest BCUT2D eigenvalue weighted by molar-refractivity contribution is -0.109. The molecule has 4 rings (SSSR count). The van der Waals surface area contributed by atoms with Crippen molar-refractivity contribution < 1.29 is 0 Å². The molecule has 0 unspecified atom stereocenters. The molecule has 0 radical (unpaired) electrons. The van der Waals surface area contributed by atoms with Crippen LogP contribution < -0.4 is 11.5 Å². The second kappa shape index (κ2) is 4.71. The zero-order chi connectivity index (χ0) is 14.8. The number of rotatable bonds is 0. The molecule has 4 N–H and O–H groups in total. The second-order valence-corrected chi connectivity index (χ2v) is 9.51. The van der Waals surface area contributed by atoms with E-state index < -0.39 is 0 Å². The van der Waals surface area contributed by atoms with Gasteiger partial charge in [-0.2, -0.15) is 0 Å². The Hall–Kier alpha value is -0.0800. The van der Waals surface area contributed by atoms with Crippen molar-refractivity contribution in [2.75, 3.05) is 0 Å². The first-order valence-corrected chi connectivity index (χ1v) is 9.45. The van der Waals surface area contributed by atoms with Crippen LogP contribution in [0.1, 0.15) is 71.6 Å². The van der Waals surface area contributed by atoms with E-state index >= 15 is 0 Å². The lowest BCUT2D eigenvalue weighted by atomic mass is 9.44. The van der Waals surface area contributed by atoms with Gasteiger partial charge in [-0.05, 0) is 85.9 Å². The molecule has 120 valence electrons. The molecule has 2 heteroatoms. The van der Waals surface area contributed by atoms with Gasteiger partial charge in [0.05, 0.1) is 0 Å². The number of fused-ring (bicyclic) bond motifs is 5. The van der Waals surface area contributed by atoms with Crippen LogP contribution in [0.3, 0.4) is 0 Å². The summed E-state index contributed by atoms with van der Waals surface area (Å²) in [6, 6.07) is 0.488. The fourth-order valence-electron chi connectivity index (χ4n) is 7.40. The van der Waals surface area contributed by atoms with Crippen molar-refractivity contribution in [3.8, 4) is 0 Å². The Bertz CT molecular complexity index is 422. The van der Waals surface area contributed by atoms with E-state index in [1.54, 1.807) is 0 Å². The van der Waals surface area contributed by atoms with Crippen LogP contribution in [-0.4, -0.2) is 12.1 Å². The van der Waals surface area contributed by atoms with Gasteiger partial charge in [-0.1, -0.05) is 20.3 Å². The van der Waals surface area contributed by atoms with E-state index in [0.717, 1.165) is 23.7 Å². The van der Waals surface area contributed by atoms with E-state index in [-0.39, 0.29) is 12.1 Å². The van der Waals surface area contributed by atoms with Crippen molar-refractivity contribution in [1.29, 1.82) is 0 Å². The van der Waals surface area contributed by atoms with Crippen LogP contribution in [0.15, 0.2) is 0 Å². The van der Waals surface area contributed by atoms with Gasteiger partial charge in [0.1, 0.15) is 0 Å². The normalized spacial score (nSPS) is 60.0. The molecular weight excluding hydrogens is 256 g/mol. The van der Waals surface area contributed by atoms with E-state index in [1.807, 2.05) is 0 Å². The molecule has 4 saturated carbocycles. The molecule has 0 amide bonds. The average molecular weight is 290 g/mol. The van der Waals surface area contributed by atoms with E-state index in [2.05, 4.69) is 13.8 Å². The molecule has 2 nitrogen and oxygen atoms in total. The minimum atomic E-state index is 0.238. The van der Waals surface area contributed by atoms with Gasteiger partial charge < -0.3 is 11.5 Å². The third kappa shape index (κ3) is 1.97. The van der Waals surface area contributed by atoms with Gasteiger partial charge in [-0.15, -0.1) is 0 Å². The summed E-state index contributed by atoms with van der Waals surface area (Å²) in [5.41, 5.74) is 13.9. The monoisotopic (exact) mass is 290 g/mol. The summed E-state index contributed by atoms with van der Waals surface area (Å²) in [4.78, 5) is 0. The summed E-state index contributed by atoms with van der Waals surface area (Å²) in [6.45, 7) is 5.18. The average Bonchev–Trinajstić information content (AvgIpc) is 2.82. The van der Waals surface area contributed by atoms with Gasteiger partial charge in [-0.25, -0.2) is 0 Å². The smallest absolute Gasteiger partial charge is 0.0197 e. The van der Waals surface area contributed by atoms with Crippen molar-refractivity contribution in [3.05, 3.63) is 0 Å². The number of hydrogen-bond acceptors (Lipinski definition) is 2. The molecule has 0 saturated heterocycles. The van der Waals surface area contributed by atoms with E-state index in [9.17, 15) is 0 Å². The van der Waals surface area contributed by atoms with Crippen molar-refractivity contribution >= 4 is 0 Å². The van der Waals surface area contributed by atoms with E-state index in [4.69, 9.17) is 11.5 Å². The van der Waals surface area contributed by atoms with Crippen LogP contribution >= 0.6 is 0 Å². The fourth-order valence-corrected chi connectivity index (χ4v) is 7.40. The van der Waals surface area contributed by atoms with Crippen molar-refractivity contribution in [2.45, 2.75) is 83.7 Å². The number of nitrogens with two attached hydrogens (primary N) is 2. The van der Waals surface area contributed by atoms with Crippen LogP contribution in [0.25, 0.3) is 0 Å². The van der Waals surface area contributed by atoms with Gasteiger partial charge in [0.25, 0.3) is 0 Å². The van der Waals surface area contributed by atoms with Gasteiger partial charge in [0.2, 0.25) is 0 Å². The third-order valence-electron chi connectivity index (χ3n) is 8.63. The summed E-state index contributed by atoms with van der Waals surface area (Å²) in [7, 11) is 0. The minimum Gasteiger partial charge on any atom is -0.326 e. The van der Waals surface area contributed by atoms with Gasteiger partial charge >= 0.3 is 0 Å². The minimum absolute atomic E-state index is 0.238. The summed E-state index contributed by atoms with van der Waals surface area (Å²) in [5, 5.41) is 0. The highest BCUT2D eigenvalue weighted by Gasteiger charge is 2.58. The van der Waals surface area contributed by atoms with Crippen molar-refractivity contribution in [2.24, 2.45) is 46.0 Å². The van der Waals surface area contributed by atoms with Gasteiger partial charge in [0.15, 0.2) is 0 Å². The number of hydrogen-bond donors (Lipinski definition) is 2. The molecule has 0 aliphatic heterocycles. The standard InChI is InChI=1S/C19H34N2/c1-18-8-3-4-14(18)13-6-5-12-10-16(20)17(21)11-19(12,2)15(13)7-9-18/h12-17H,3-11,20-21H2,1-2H3/t12-,13+,14-,15-,16-,17+,18-,19-/m0/s1. The molecule has 4 aliphatic carbocycles. The third-order valence-corrected chi connectivity index (χ3v) is 8.63. The molecule has 0 heterocycles. The Morgan fingerprint density at radius 1 is 0.857 bits per heavy atom. The topological polar surface area (TPSA) is 52.0 Å².